The van der Waals surface area contributed by atoms with Crippen molar-refractivity contribution in [3.63, 3.8) is 0 Å². The minimum atomic E-state index is -1.20. The van der Waals surface area contributed by atoms with Crippen molar-refractivity contribution in [1.82, 2.24) is 26.2 Å². The zero-order valence-electron chi connectivity index (χ0n) is 21.5. The number of carbonyl (C=O) groups excluding carboxylic acids is 4. The number of nitrogens with zero attached hydrogens (tertiary/aromatic N) is 1. The molecule has 11 nitrogen and oxygen atoms in total. The zero-order chi connectivity index (χ0) is 26.6. The molecule has 1 aromatic carbocycles. The first-order valence-electron chi connectivity index (χ1n) is 13.1. The molecule has 1 saturated heterocycles. The first-order chi connectivity index (χ1) is 17.8. The molecule has 1 fully saturated rings. The normalized spacial score (nSPS) is 23.5. The van der Waals surface area contributed by atoms with Gasteiger partial charge >= 0.3 is 0 Å². The molecular weight excluding hydrogens is 478 g/mol. The van der Waals surface area contributed by atoms with E-state index in [4.69, 9.17) is 4.74 Å². The van der Waals surface area contributed by atoms with Gasteiger partial charge in [-0.3, -0.25) is 19.2 Å². The van der Waals surface area contributed by atoms with Crippen molar-refractivity contribution in [3.8, 4) is 5.75 Å². The summed E-state index contributed by atoms with van der Waals surface area (Å²) in [6, 6.07) is 4.27. The highest BCUT2D eigenvalue weighted by atomic mass is 16.5. The van der Waals surface area contributed by atoms with Gasteiger partial charge in [0.15, 0.2) is 0 Å². The van der Waals surface area contributed by atoms with Gasteiger partial charge in [-0.15, -0.1) is 0 Å². The smallest absolute Gasteiger partial charge is 0.255 e. The highest BCUT2D eigenvalue weighted by Crippen LogP contribution is 2.18. The van der Waals surface area contributed by atoms with E-state index in [1.165, 1.54) is 19.8 Å². The SMILES string of the molecule is C[C@@H](O)[C@@H]1NC(=O)C[C@@H](C(=O)NCCN2CCCCCC2)NC(=O)c2ccccc2OCCCNC1=O. The molecule has 2 aliphatic heterocycles. The minimum Gasteiger partial charge on any atom is -0.493 e. The van der Waals surface area contributed by atoms with E-state index in [0.29, 0.717) is 25.3 Å². The van der Waals surface area contributed by atoms with Crippen LogP contribution in [0.2, 0.25) is 0 Å². The number of likely N-dealkylation sites (tertiary alicyclic amines) is 1. The molecule has 0 saturated carbocycles. The Morgan fingerprint density at radius 1 is 1.11 bits per heavy atom. The van der Waals surface area contributed by atoms with Gasteiger partial charge in [-0.25, -0.2) is 0 Å². The van der Waals surface area contributed by atoms with Crippen molar-refractivity contribution >= 4 is 23.6 Å². The molecule has 204 valence electrons. The summed E-state index contributed by atoms with van der Waals surface area (Å²) in [4.78, 5) is 53.9. The van der Waals surface area contributed by atoms with Crippen LogP contribution in [0.5, 0.6) is 5.75 Å². The van der Waals surface area contributed by atoms with Gasteiger partial charge in [0.05, 0.1) is 24.7 Å². The van der Waals surface area contributed by atoms with E-state index in [1.54, 1.807) is 24.3 Å². The topological polar surface area (TPSA) is 149 Å². The van der Waals surface area contributed by atoms with Crippen LogP contribution < -0.4 is 26.0 Å². The molecule has 37 heavy (non-hydrogen) atoms. The number of para-hydroxylation sites is 1. The molecule has 0 radical (unpaired) electrons. The zero-order valence-corrected chi connectivity index (χ0v) is 21.5. The van der Waals surface area contributed by atoms with Gasteiger partial charge in [0.25, 0.3) is 5.91 Å². The fourth-order valence-corrected chi connectivity index (χ4v) is 4.44. The van der Waals surface area contributed by atoms with Crippen LogP contribution in [0, 0.1) is 0 Å². The quantitative estimate of drug-likeness (QED) is 0.367. The Morgan fingerprint density at radius 2 is 1.84 bits per heavy atom. The van der Waals surface area contributed by atoms with Crippen LogP contribution >= 0.6 is 0 Å². The average Bonchev–Trinajstić information content (AvgIpc) is 3.15. The first kappa shape index (κ1) is 28.4. The van der Waals surface area contributed by atoms with Crippen molar-refractivity contribution in [3.05, 3.63) is 29.8 Å². The number of benzene rings is 1. The van der Waals surface area contributed by atoms with E-state index >= 15 is 0 Å². The maximum absolute atomic E-state index is 13.1. The second kappa shape index (κ2) is 14.5. The number of amides is 4. The Bertz CT molecular complexity index is 932. The Kier molecular flexibility index (Phi) is 11.2. The molecule has 5 N–H and O–H groups in total. The van der Waals surface area contributed by atoms with Crippen LogP contribution in [-0.4, -0.2) is 91.2 Å². The predicted octanol–water partition coefficient (Wildman–Crippen LogP) is -0.0684. The van der Waals surface area contributed by atoms with E-state index in [-0.39, 0.29) is 18.7 Å². The van der Waals surface area contributed by atoms with Crippen LogP contribution in [0.25, 0.3) is 0 Å². The molecule has 11 heteroatoms. The summed E-state index contributed by atoms with van der Waals surface area (Å²) in [6.07, 6.45) is 3.57. The Labute approximate surface area is 217 Å². The summed E-state index contributed by atoms with van der Waals surface area (Å²) in [5, 5.41) is 20.7. The number of rotatable bonds is 5. The molecule has 3 rings (SSSR count). The summed E-state index contributed by atoms with van der Waals surface area (Å²) in [6.45, 7) is 4.92. The summed E-state index contributed by atoms with van der Waals surface area (Å²) in [5.41, 5.74) is 0.242. The summed E-state index contributed by atoms with van der Waals surface area (Å²) in [5.74, 6) is -1.89. The van der Waals surface area contributed by atoms with Crippen molar-refractivity contribution in [1.29, 1.82) is 0 Å². The number of nitrogens with one attached hydrogen (secondary N) is 4. The highest BCUT2D eigenvalue weighted by molar-refractivity contribution is 6.01. The number of aliphatic hydroxyl groups excluding tert-OH is 1. The summed E-state index contributed by atoms with van der Waals surface area (Å²) < 4.78 is 5.75. The second-order valence-electron chi connectivity index (χ2n) is 9.55. The molecule has 0 bridgehead atoms. The third kappa shape index (κ3) is 9.01. The van der Waals surface area contributed by atoms with E-state index < -0.39 is 48.2 Å². The summed E-state index contributed by atoms with van der Waals surface area (Å²) in [7, 11) is 0. The Morgan fingerprint density at radius 3 is 2.57 bits per heavy atom. The van der Waals surface area contributed by atoms with Crippen LogP contribution in [0.4, 0.5) is 0 Å². The fraction of sp³-hybridized carbons (Fsp3) is 0.615. The molecule has 4 amide bonds. The Hall–Kier alpha value is -3.18. The average molecular weight is 518 g/mol. The molecule has 0 spiro atoms. The van der Waals surface area contributed by atoms with E-state index in [0.717, 1.165) is 25.9 Å². The largest absolute Gasteiger partial charge is 0.493 e. The lowest BCUT2D eigenvalue weighted by Gasteiger charge is -2.24. The number of ether oxygens (including phenoxy) is 1. The molecule has 2 aliphatic rings. The molecule has 2 heterocycles. The van der Waals surface area contributed by atoms with Gasteiger partial charge in [0, 0.05) is 19.6 Å². The van der Waals surface area contributed by atoms with Gasteiger partial charge in [-0.1, -0.05) is 25.0 Å². The number of hydrogen-bond donors (Lipinski definition) is 5. The molecule has 1 aromatic rings. The standard InChI is InChI=1S/C26H39N5O6/c1-18(32)23-26(36)27-11-8-16-37-21-10-5-4-9-19(21)24(34)29-20(17-22(33)30-23)25(35)28-12-15-31-13-6-2-3-7-14-31/h4-5,9-10,18,20,23,32H,2-3,6-8,11-17H2,1H3,(H,27,36)(H,28,35)(H,29,34)(H,30,33)/t18-,20+,23+/m1/s1. The van der Waals surface area contributed by atoms with Crippen molar-refractivity contribution in [2.75, 3.05) is 39.3 Å². The molecular formula is C26H39N5O6. The lowest BCUT2D eigenvalue weighted by atomic mass is 10.1. The summed E-state index contributed by atoms with van der Waals surface area (Å²) >= 11 is 0. The van der Waals surface area contributed by atoms with Crippen LogP contribution in [0.1, 0.15) is 55.8 Å². The fourth-order valence-electron chi connectivity index (χ4n) is 4.44. The van der Waals surface area contributed by atoms with Crippen LogP contribution in [0.15, 0.2) is 24.3 Å². The Balaban J connectivity index is 1.74. The number of aliphatic hydroxyl groups is 1. The van der Waals surface area contributed by atoms with Crippen molar-refractivity contribution in [2.24, 2.45) is 0 Å². The third-order valence-corrected chi connectivity index (χ3v) is 6.53. The maximum Gasteiger partial charge on any atom is 0.255 e. The molecule has 0 aromatic heterocycles. The van der Waals surface area contributed by atoms with Gasteiger partial charge in [0.2, 0.25) is 17.7 Å². The van der Waals surface area contributed by atoms with Gasteiger partial charge in [0.1, 0.15) is 17.8 Å². The van der Waals surface area contributed by atoms with E-state index in [9.17, 15) is 24.3 Å². The van der Waals surface area contributed by atoms with E-state index in [1.807, 2.05) is 0 Å². The van der Waals surface area contributed by atoms with Crippen LogP contribution in [-0.2, 0) is 14.4 Å². The van der Waals surface area contributed by atoms with Crippen molar-refractivity contribution < 1.29 is 29.0 Å². The lowest BCUT2D eigenvalue weighted by Crippen LogP contribution is -2.55. The number of fused-ring (bicyclic) bond motifs is 1. The van der Waals surface area contributed by atoms with Gasteiger partial charge in [-0.05, 0) is 51.4 Å². The maximum atomic E-state index is 13.1. The van der Waals surface area contributed by atoms with Crippen LogP contribution in [0.3, 0.4) is 0 Å². The second-order valence-corrected chi connectivity index (χ2v) is 9.55. The molecule has 0 unspecified atom stereocenters. The number of hydrogen-bond acceptors (Lipinski definition) is 7. The van der Waals surface area contributed by atoms with E-state index in [2.05, 4.69) is 26.2 Å². The minimum absolute atomic E-state index is 0.233. The monoisotopic (exact) mass is 517 g/mol. The number of carbonyl (C=O) groups is 4. The van der Waals surface area contributed by atoms with Gasteiger partial charge in [-0.2, -0.15) is 0 Å². The molecule has 3 atom stereocenters. The highest BCUT2D eigenvalue weighted by Gasteiger charge is 2.30. The molecule has 0 aliphatic carbocycles. The lowest BCUT2D eigenvalue weighted by molar-refractivity contribution is -0.133. The third-order valence-electron chi connectivity index (χ3n) is 6.53. The van der Waals surface area contributed by atoms with Crippen molar-refractivity contribution in [2.45, 2.75) is 63.6 Å². The van der Waals surface area contributed by atoms with Gasteiger partial charge < -0.3 is 36.0 Å². The predicted molar refractivity (Wildman–Crippen MR) is 137 cm³/mol. The first-order valence-corrected chi connectivity index (χ1v) is 13.1.